The van der Waals surface area contributed by atoms with Crippen LogP contribution in [0.5, 0.6) is 0 Å². The van der Waals surface area contributed by atoms with Gasteiger partial charge in [0.2, 0.25) is 0 Å². The molecule has 0 aromatic heterocycles. The third kappa shape index (κ3) is 2.08. The average molecular weight is 212 g/mol. The molecule has 0 bridgehead atoms. The summed E-state index contributed by atoms with van der Waals surface area (Å²) in [7, 11) is 0. The molecule has 1 aromatic rings. The molecular formula is C11H14ClNO. The summed E-state index contributed by atoms with van der Waals surface area (Å²) in [6.07, 6.45) is 0.382. The molecule has 3 heteroatoms. The number of hydrogen-bond acceptors (Lipinski definition) is 2. The van der Waals surface area contributed by atoms with Crippen LogP contribution in [0.15, 0.2) is 24.3 Å². The van der Waals surface area contributed by atoms with Gasteiger partial charge in [0.15, 0.2) is 0 Å². The second kappa shape index (κ2) is 4.30. The average Bonchev–Trinajstić information content (AvgIpc) is 2.12. The maximum Gasteiger partial charge on any atom is 0.0808 e. The Labute approximate surface area is 88.9 Å². The molecule has 1 fully saturated rings. The van der Waals surface area contributed by atoms with E-state index < -0.39 is 6.10 Å². The van der Waals surface area contributed by atoms with Crippen LogP contribution in [0.2, 0.25) is 5.02 Å². The van der Waals surface area contributed by atoms with Gasteiger partial charge < -0.3 is 10.4 Å². The molecule has 1 aromatic carbocycles. The summed E-state index contributed by atoms with van der Waals surface area (Å²) in [4.78, 5) is 0. The van der Waals surface area contributed by atoms with E-state index in [4.69, 9.17) is 11.6 Å². The van der Waals surface area contributed by atoms with Crippen LogP contribution in [0.3, 0.4) is 0 Å². The normalized spacial score (nSPS) is 19.0. The molecule has 1 aliphatic heterocycles. The lowest BCUT2D eigenvalue weighted by Gasteiger charge is -2.29. The highest BCUT2D eigenvalue weighted by molar-refractivity contribution is 6.31. The van der Waals surface area contributed by atoms with Gasteiger partial charge in [-0.15, -0.1) is 0 Å². The molecule has 2 rings (SSSR count). The quantitative estimate of drug-likeness (QED) is 0.802. The van der Waals surface area contributed by atoms with E-state index in [1.807, 2.05) is 24.3 Å². The van der Waals surface area contributed by atoms with Gasteiger partial charge in [-0.2, -0.15) is 0 Å². The SMILES string of the molecule is OC(CC1CNC1)c1ccccc1Cl. The van der Waals surface area contributed by atoms with Crippen LogP contribution in [0, 0.1) is 5.92 Å². The molecular weight excluding hydrogens is 198 g/mol. The van der Waals surface area contributed by atoms with Crippen molar-refractivity contribution in [2.75, 3.05) is 13.1 Å². The van der Waals surface area contributed by atoms with Crippen LogP contribution in [0.1, 0.15) is 18.1 Å². The summed E-state index contributed by atoms with van der Waals surface area (Å²) < 4.78 is 0. The van der Waals surface area contributed by atoms with Crippen LogP contribution in [-0.4, -0.2) is 18.2 Å². The van der Waals surface area contributed by atoms with Gasteiger partial charge in [0.25, 0.3) is 0 Å². The van der Waals surface area contributed by atoms with Gasteiger partial charge in [-0.25, -0.2) is 0 Å². The molecule has 1 atom stereocenters. The smallest absolute Gasteiger partial charge is 0.0808 e. The van der Waals surface area contributed by atoms with E-state index in [-0.39, 0.29) is 0 Å². The molecule has 2 N–H and O–H groups in total. The van der Waals surface area contributed by atoms with E-state index in [1.165, 1.54) is 0 Å². The third-order valence-electron chi connectivity index (χ3n) is 2.69. The number of hydrogen-bond donors (Lipinski definition) is 2. The molecule has 0 aliphatic carbocycles. The number of rotatable bonds is 3. The highest BCUT2D eigenvalue weighted by Gasteiger charge is 2.22. The van der Waals surface area contributed by atoms with Crippen molar-refractivity contribution in [3.05, 3.63) is 34.9 Å². The minimum atomic E-state index is -0.421. The molecule has 1 heterocycles. The van der Waals surface area contributed by atoms with Gasteiger partial charge >= 0.3 is 0 Å². The van der Waals surface area contributed by atoms with E-state index in [0.717, 1.165) is 25.1 Å². The van der Waals surface area contributed by atoms with Crippen LogP contribution < -0.4 is 5.32 Å². The van der Waals surface area contributed by atoms with Crippen molar-refractivity contribution < 1.29 is 5.11 Å². The number of halogens is 1. The molecule has 0 spiro atoms. The molecule has 1 aliphatic rings. The lowest BCUT2D eigenvalue weighted by atomic mass is 9.93. The van der Waals surface area contributed by atoms with Crippen molar-refractivity contribution >= 4 is 11.6 Å². The fourth-order valence-corrected chi connectivity index (χ4v) is 1.96. The second-order valence-corrected chi connectivity index (χ2v) is 4.20. The second-order valence-electron chi connectivity index (χ2n) is 3.80. The summed E-state index contributed by atoms with van der Waals surface area (Å²) in [5.74, 6) is 0.598. The van der Waals surface area contributed by atoms with Gasteiger partial charge in [0, 0.05) is 5.02 Å². The zero-order valence-corrected chi connectivity index (χ0v) is 8.67. The lowest BCUT2D eigenvalue weighted by molar-refractivity contribution is 0.127. The predicted molar refractivity (Wildman–Crippen MR) is 57.4 cm³/mol. The van der Waals surface area contributed by atoms with Crippen molar-refractivity contribution in [2.45, 2.75) is 12.5 Å². The summed E-state index contributed by atoms with van der Waals surface area (Å²) in [5.41, 5.74) is 0.848. The highest BCUT2D eigenvalue weighted by atomic mass is 35.5. The first-order chi connectivity index (χ1) is 6.77. The maximum absolute atomic E-state index is 9.92. The first-order valence-corrected chi connectivity index (χ1v) is 5.28. The van der Waals surface area contributed by atoms with Crippen molar-refractivity contribution in [1.82, 2.24) is 5.32 Å². The zero-order chi connectivity index (χ0) is 9.97. The lowest BCUT2D eigenvalue weighted by Crippen LogP contribution is -2.42. The summed E-state index contributed by atoms with van der Waals surface area (Å²) in [6.45, 7) is 2.03. The van der Waals surface area contributed by atoms with E-state index in [0.29, 0.717) is 10.9 Å². The maximum atomic E-state index is 9.92. The molecule has 14 heavy (non-hydrogen) atoms. The van der Waals surface area contributed by atoms with Crippen molar-refractivity contribution in [1.29, 1.82) is 0 Å². The molecule has 0 saturated carbocycles. The monoisotopic (exact) mass is 211 g/mol. The molecule has 1 saturated heterocycles. The Morgan fingerprint density at radius 3 is 2.71 bits per heavy atom. The Hall–Kier alpha value is -0.570. The number of nitrogens with one attached hydrogen (secondary N) is 1. The summed E-state index contributed by atoms with van der Waals surface area (Å²) in [6, 6.07) is 7.49. The highest BCUT2D eigenvalue weighted by Crippen LogP contribution is 2.28. The van der Waals surface area contributed by atoms with Crippen molar-refractivity contribution in [2.24, 2.45) is 5.92 Å². The van der Waals surface area contributed by atoms with Gasteiger partial charge in [-0.1, -0.05) is 29.8 Å². The van der Waals surface area contributed by atoms with E-state index in [9.17, 15) is 5.11 Å². The predicted octanol–water partition coefficient (Wildman–Crippen LogP) is 1.98. The minimum absolute atomic E-state index is 0.421. The standard InChI is InChI=1S/C11H14ClNO/c12-10-4-2-1-3-9(10)11(14)5-8-6-13-7-8/h1-4,8,11,13-14H,5-7H2. The fourth-order valence-electron chi connectivity index (χ4n) is 1.70. The van der Waals surface area contributed by atoms with Gasteiger partial charge in [0.05, 0.1) is 6.10 Å². The Morgan fingerprint density at radius 2 is 2.14 bits per heavy atom. The van der Waals surface area contributed by atoms with Crippen LogP contribution in [0.25, 0.3) is 0 Å². The first kappa shape index (κ1) is 9.97. The van der Waals surface area contributed by atoms with Crippen molar-refractivity contribution in [3.63, 3.8) is 0 Å². The van der Waals surface area contributed by atoms with Crippen LogP contribution >= 0.6 is 11.6 Å². The molecule has 2 nitrogen and oxygen atoms in total. The Morgan fingerprint density at radius 1 is 1.43 bits per heavy atom. The fraction of sp³-hybridized carbons (Fsp3) is 0.455. The molecule has 0 radical (unpaired) electrons. The first-order valence-electron chi connectivity index (χ1n) is 4.90. The van der Waals surface area contributed by atoms with Gasteiger partial charge in [-0.05, 0) is 37.1 Å². The Balaban J connectivity index is 2.02. The Bertz CT molecular complexity index is 312. The van der Waals surface area contributed by atoms with E-state index >= 15 is 0 Å². The summed E-state index contributed by atoms with van der Waals surface area (Å²) in [5, 5.41) is 13.8. The third-order valence-corrected chi connectivity index (χ3v) is 3.03. The molecule has 0 amide bonds. The number of benzene rings is 1. The van der Waals surface area contributed by atoms with Crippen LogP contribution in [-0.2, 0) is 0 Å². The van der Waals surface area contributed by atoms with Gasteiger partial charge in [-0.3, -0.25) is 0 Å². The molecule has 1 unspecified atom stereocenters. The topological polar surface area (TPSA) is 32.3 Å². The molecule has 76 valence electrons. The largest absolute Gasteiger partial charge is 0.388 e. The van der Waals surface area contributed by atoms with E-state index in [2.05, 4.69) is 5.32 Å². The zero-order valence-electron chi connectivity index (χ0n) is 7.91. The van der Waals surface area contributed by atoms with Crippen LogP contribution in [0.4, 0.5) is 0 Å². The summed E-state index contributed by atoms with van der Waals surface area (Å²) >= 11 is 5.99. The number of aliphatic hydroxyl groups is 1. The number of aliphatic hydroxyl groups excluding tert-OH is 1. The minimum Gasteiger partial charge on any atom is -0.388 e. The van der Waals surface area contributed by atoms with Gasteiger partial charge in [0.1, 0.15) is 0 Å². The Kier molecular flexibility index (Phi) is 3.06. The van der Waals surface area contributed by atoms with E-state index in [1.54, 1.807) is 0 Å². The van der Waals surface area contributed by atoms with Crippen molar-refractivity contribution in [3.8, 4) is 0 Å².